The van der Waals surface area contributed by atoms with Crippen LogP contribution in [-0.2, 0) is 7.05 Å². The van der Waals surface area contributed by atoms with Crippen LogP contribution in [0.2, 0.25) is 0 Å². The number of aryl methyl sites for hydroxylation is 4. The van der Waals surface area contributed by atoms with Crippen molar-refractivity contribution in [2.45, 2.75) is 20.7 Å². The van der Waals surface area contributed by atoms with Crippen molar-refractivity contribution in [2.75, 3.05) is 0 Å². The Kier molecular flexibility index (Phi) is 2.34. The topological polar surface area (TPSA) is 21.2 Å². The molecule has 0 aliphatic heterocycles. The van der Waals surface area contributed by atoms with Crippen LogP contribution in [0.3, 0.4) is 0 Å². The van der Waals surface area contributed by atoms with Crippen LogP contribution in [0.4, 0.5) is 0 Å². The molecule has 0 aliphatic carbocycles. The van der Waals surface area contributed by atoms with Gasteiger partial charge in [0.05, 0.1) is 16.6 Å². The second-order valence-electron chi connectivity index (χ2n) is 6.01. The van der Waals surface area contributed by atoms with Crippen LogP contribution >= 0.6 is 0 Å². The molecule has 0 aliphatic rings. The minimum Gasteiger partial charge on any atom is -0.300 e. The van der Waals surface area contributed by atoms with E-state index in [2.05, 4.69) is 23.5 Å². The van der Waals surface area contributed by atoms with Crippen molar-refractivity contribution in [3.05, 3.63) is 65.5 Å². The normalized spacial score (nSPS) is 14.0. The van der Waals surface area contributed by atoms with Gasteiger partial charge in [-0.1, -0.05) is 6.07 Å². The molecule has 23 heavy (non-hydrogen) atoms. The van der Waals surface area contributed by atoms with E-state index in [-0.39, 0.29) is 0 Å². The average molecular weight is 305 g/mol. The highest BCUT2D eigenvalue weighted by atomic mass is 15.0. The standard InChI is InChI=1S/C20H20N3/c1-13-11-18(22(4)12-14(13)2)16-8-9-17-20(15(16)3)21-19-7-5-6-10-23(17)19/h5-12H,1-4H3/q+1/i2D3. The number of hydrogen-bond donors (Lipinski definition) is 0. The Morgan fingerprint density at radius 1 is 1.13 bits per heavy atom. The summed E-state index contributed by atoms with van der Waals surface area (Å²) in [6, 6.07) is 12.1. The first-order chi connectivity index (χ1) is 12.3. The van der Waals surface area contributed by atoms with E-state index in [9.17, 15) is 0 Å². The summed E-state index contributed by atoms with van der Waals surface area (Å²) < 4.78 is 27.1. The maximum Gasteiger partial charge on any atom is 0.212 e. The molecule has 0 saturated carbocycles. The van der Waals surface area contributed by atoms with Crippen molar-refractivity contribution >= 4 is 16.7 Å². The number of rotatable bonds is 1. The van der Waals surface area contributed by atoms with E-state index in [0.29, 0.717) is 5.56 Å². The van der Waals surface area contributed by atoms with Gasteiger partial charge in [-0.15, -0.1) is 0 Å². The highest BCUT2D eigenvalue weighted by molar-refractivity contribution is 5.88. The van der Waals surface area contributed by atoms with Crippen LogP contribution in [0.15, 0.2) is 48.8 Å². The van der Waals surface area contributed by atoms with Crippen LogP contribution < -0.4 is 4.57 Å². The molecule has 3 heteroatoms. The first-order valence-electron chi connectivity index (χ1n) is 9.15. The summed E-state index contributed by atoms with van der Waals surface area (Å²) in [5.41, 5.74) is 7.23. The van der Waals surface area contributed by atoms with Crippen LogP contribution in [0.1, 0.15) is 20.8 Å². The number of benzene rings is 1. The van der Waals surface area contributed by atoms with Gasteiger partial charge >= 0.3 is 0 Å². The van der Waals surface area contributed by atoms with Gasteiger partial charge in [-0.25, -0.2) is 9.55 Å². The van der Waals surface area contributed by atoms with Crippen LogP contribution in [-0.4, -0.2) is 9.38 Å². The summed E-state index contributed by atoms with van der Waals surface area (Å²) in [6.07, 6.45) is 3.73. The fourth-order valence-electron chi connectivity index (χ4n) is 3.16. The van der Waals surface area contributed by atoms with Crippen LogP contribution in [0.25, 0.3) is 27.9 Å². The maximum atomic E-state index is 7.70. The predicted molar refractivity (Wildman–Crippen MR) is 93.5 cm³/mol. The molecular formula is C20H20N3+. The van der Waals surface area contributed by atoms with Gasteiger partial charge in [-0.2, -0.15) is 0 Å². The first kappa shape index (κ1) is 10.9. The number of imidazole rings is 1. The van der Waals surface area contributed by atoms with E-state index in [0.717, 1.165) is 39.1 Å². The Labute approximate surface area is 140 Å². The van der Waals surface area contributed by atoms with Crippen molar-refractivity contribution in [1.82, 2.24) is 9.38 Å². The third-order valence-electron chi connectivity index (χ3n) is 4.49. The van der Waals surface area contributed by atoms with Gasteiger partial charge in [0.2, 0.25) is 5.69 Å². The Morgan fingerprint density at radius 3 is 2.83 bits per heavy atom. The highest BCUT2D eigenvalue weighted by Gasteiger charge is 2.17. The van der Waals surface area contributed by atoms with E-state index < -0.39 is 6.85 Å². The van der Waals surface area contributed by atoms with Crippen molar-refractivity contribution in [2.24, 2.45) is 7.05 Å². The minimum atomic E-state index is -2.11. The third kappa shape index (κ3) is 2.04. The van der Waals surface area contributed by atoms with Gasteiger partial charge in [0, 0.05) is 21.9 Å². The molecule has 0 amide bonds. The summed E-state index contributed by atoms with van der Waals surface area (Å²) in [5, 5.41) is 0. The van der Waals surface area contributed by atoms with E-state index >= 15 is 0 Å². The monoisotopic (exact) mass is 305 g/mol. The second kappa shape index (κ2) is 4.92. The third-order valence-corrected chi connectivity index (χ3v) is 4.49. The fraction of sp³-hybridized carbons (Fsp3) is 0.200. The van der Waals surface area contributed by atoms with Crippen LogP contribution in [0.5, 0.6) is 0 Å². The lowest BCUT2D eigenvalue weighted by Gasteiger charge is -2.07. The summed E-state index contributed by atoms with van der Waals surface area (Å²) in [5.74, 6) is 0. The fourth-order valence-corrected chi connectivity index (χ4v) is 3.16. The zero-order chi connectivity index (χ0) is 18.6. The summed E-state index contributed by atoms with van der Waals surface area (Å²) in [6.45, 7) is 1.81. The summed E-state index contributed by atoms with van der Waals surface area (Å²) >= 11 is 0. The number of pyridine rings is 2. The van der Waals surface area contributed by atoms with Crippen molar-refractivity contribution in [1.29, 1.82) is 0 Å². The Bertz CT molecular complexity index is 1160. The second-order valence-corrected chi connectivity index (χ2v) is 6.01. The molecule has 0 radical (unpaired) electrons. The molecular weight excluding hydrogens is 282 g/mol. The molecule has 0 saturated heterocycles. The van der Waals surface area contributed by atoms with E-state index in [4.69, 9.17) is 9.10 Å². The molecule has 3 nitrogen and oxygen atoms in total. The van der Waals surface area contributed by atoms with E-state index in [1.54, 1.807) is 6.20 Å². The Morgan fingerprint density at radius 2 is 2.00 bits per heavy atom. The lowest BCUT2D eigenvalue weighted by molar-refractivity contribution is -0.660. The molecule has 0 spiro atoms. The zero-order valence-electron chi connectivity index (χ0n) is 16.5. The van der Waals surface area contributed by atoms with E-state index in [1.165, 1.54) is 0 Å². The molecule has 0 atom stereocenters. The smallest absolute Gasteiger partial charge is 0.212 e. The number of hydrogen-bond acceptors (Lipinski definition) is 1. The molecule has 0 unspecified atom stereocenters. The number of nitrogens with zero attached hydrogens (tertiary/aromatic N) is 3. The van der Waals surface area contributed by atoms with Crippen molar-refractivity contribution in [3.63, 3.8) is 0 Å². The molecule has 3 heterocycles. The SMILES string of the molecule is [2H]C([2H])([2H])c1c[n+](C)c(-c2ccc3c(nc4ccccn43)c2C)cc1C. The molecule has 0 bridgehead atoms. The van der Waals surface area contributed by atoms with E-state index in [1.807, 2.05) is 49.0 Å². The molecule has 0 fully saturated rings. The lowest BCUT2D eigenvalue weighted by Crippen LogP contribution is -2.31. The molecule has 3 aromatic heterocycles. The first-order valence-corrected chi connectivity index (χ1v) is 7.65. The maximum absolute atomic E-state index is 7.70. The molecule has 0 N–H and O–H groups in total. The predicted octanol–water partition coefficient (Wildman–Crippen LogP) is 3.90. The largest absolute Gasteiger partial charge is 0.300 e. The molecule has 114 valence electrons. The quantitative estimate of drug-likeness (QED) is 0.489. The van der Waals surface area contributed by atoms with Crippen LogP contribution in [0, 0.1) is 20.7 Å². The van der Waals surface area contributed by atoms with Gasteiger partial charge in [0.1, 0.15) is 12.7 Å². The summed E-state index contributed by atoms with van der Waals surface area (Å²) in [4.78, 5) is 4.77. The highest BCUT2D eigenvalue weighted by Crippen LogP contribution is 2.29. The molecule has 4 rings (SSSR count). The molecule has 4 aromatic rings. The van der Waals surface area contributed by atoms with Gasteiger partial charge < -0.3 is 0 Å². The van der Waals surface area contributed by atoms with Gasteiger partial charge in [0.25, 0.3) is 0 Å². The van der Waals surface area contributed by atoms with Crippen molar-refractivity contribution in [3.8, 4) is 11.3 Å². The van der Waals surface area contributed by atoms with Gasteiger partial charge in [0.15, 0.2) is 6.20 Å². The lowest BCUT2D eigenvalue weighted by atomic mass is 10.0. The minimum absolute atomic E-state index is 0.384. The zero-order valence-corrected chi connectivity index (χ0v) is 13.5. The Balaban J connectivity index is 1.96. The van der Waals surface area contributed by atoms with Crippen molar-refractivity contribution < 1.29 is 8.68 Å². The summed E-state index contributed by atoms with van der Waals surface area (Å²) in [7, 11) is 1.89. The number of aromatic nitrogens is 3. The number of fused-ring (bicyclic) bond motifs is 3. The van der Waals surface area contributed by atoms with Gasteiger partial charge in [-0.05, 0) is 56.1 Å². The van der Waals surface area contributed by atoms with Gasteiger partial charge in [-0.3, -0.25) is 4.40 Å². The average Bonchev–Trinajstić information content (AvgIpc) is 2.96. The Hall–Kier alpha value is -2.68. The molecule has 1 aromatic carbocycles.